The normalized spacial score (nSPS) is 14.0. The second-order valence-electron chi connectivity index (χ2n) is 6.29. The minimum absolute atomic E-state index is 0.103. The van der Waals surface area contributed by atoms with Crippen LogP contribution in [0.2, 0.25) is 0 Å². The molecule has 5 heteroatoms. The maximum atomic E-state index is 12.5. The Morgan fingerprint density at radius 2 is 1.78 bits per heavy atom. The summed E-state index contributed by atoms with van der Waals surface area (Å²) in [7, 11) is 1.46. The highest BCUT2D eigenvalue weighted by molar-refractivity contribution is 6.27. The molecule has 0 saturated heterocycles. The van der Waals surface area contributed by atoms with E-state index >= 15 is 0 Å². The van der Waals surface area contributed by atoms with Gasteiger partial charge in [-0.1, -0.05) is 26.0 Å². The van der Waals surface area contributed by atoms with Gasteiger partial charge in [-0.05, 0) is 40.8 Å². The van der Waals surface area contributed by atoms with E-state index < -0.39 is 5.97 Å². The molecule has 3 rings (SSSR count). The van der Waals surface area contributed by atoms with Crippen LogP contribution in [-0.2, 0) is 6.42 Å². The van der Waals surface area contributed by atoms with Crippen LogP contribution in [0, 0.1) is 5.92 Å². The molecular formula is C18H17NO4. The Morgan fingerprint density at radius 3 is 2.39 bits per heavy atom. The van der Waals surface area contributed by atoms with Crippen LogP contribution in [0.4, 0.5) is 0 Å². The molecule has 2 amide bonds. The van der Waals surface area contributed by atoms with Crippen LogP contribution in [0.25, 0.3) is 10.8 Å². The summed E-state index contributed by atoms with van der Waals surface area (Å²) in [4.78, 5) is 37.3. The van der Waals surface area contributed by atoms with Gasteiger partial charge in [-0.3, -0.25) is 14.5 Å². The van der Waals surface area contributed by atoms with E-state index in [2.05, 4.69) is 13.8 Å². The van der Waals surface area contributed by atoms with Gasteiger partial charge in [-0.15, -0.1) is 0 Å². The maximum Gasteiger partial charge on any atom is 0.335 e. The number of carboxylic acid groups (broad SMARTS) is 1. The standard InChI is InChI=1S/C18H17NO4/c1-9(2)6-12-7-10-4-5-11(18(22)23)8-13(10)15-14(12)16(20)19(3)17(15)21/h4-5,7-9H,6H2,1-3H3,(H,22,23). The predicted molar refractivity (Wildman–Crippen MR) is 85.9 cm³/mol. The van der Waals surface area contributed by atoms with Crippen LogP contribution in [0.15, 0.2) is 24.3 Å². The Bertz CT molecular complexity index is 867. The van der Waals surface area contributed by atoms with Gasteiger partial charge in [0.15, 0.2) is 0 Å². The number of hydrogen-bond donors (Lipinski definition) is 1. The van der Waals surface area contributed by atoms with E-state index in [1.54, 1.807) is 6.07 Å². The summed E-state index contributed by atoms with van der Waals surface area (Å²) >= 11 is 0. The highest BCUT2D eigenvalue weighted by atomic mass is 16.4. The number of benzene rings is 2. The first-order valence-corrected chi connectivity index (χ1v) is 7.46. The molecule has 0 fully saturated rings. The molecule has 1 N–H and O–H groups in total. The smallest absolute Gasteiger partial charge is 0.335 e. The predicted octanol–water partition coefficient (Wildman–Crippen LogP) is 2.96. The molecule has 23 heavy (non-hydrogen) atoms. The molecule has 118 valence electrons. The fourth-order valence-corrected chi connectivity index (χ4v) is 3.08. The number of fused-ring (bicyclic) bond motifs is 3. The van der Waals surface area contributed by atoms with Crippen molar-refractivity contribution in [2.75, 3.05) is 7.05 Å². The lowest BCUT2D eigenvalue weighted by Gasteiger charge is -2.12. The van der Waals surface area contributed by atoms with Crippen molar-refractivity contribution in [3.8, 4) is 0 Å². The van der Waals surface area contributed by atoms with E-state index in [1.165, 1.54) is 19.2 Å². The summed E-state index contributed by atoms with van der Waals surface area (Å²) in [5.41, 5.74) is 1.69. The monoisotopic (exact) mass is 311 g/mol. The first-order valence-electron chi connectivity index (χ1n) is 7.46. The molecule has 0 spiro atoms. The third-order valence-corrected chi connectivity index (χ3v) is 4.14. The molecule has 0 aliphatic carbocycles. The summed E-state index contributed by atoms with van der Waals surface area (Å²) in [5, 5.41) is 10.5. The Hall–Kier alpha value is -2.69. The van der Waals surface area contributed by atoms with Crippen LogP contribution in [-0.4, -0.2) is 34.8 Å². The highest BCUT2D eigenvalue weighted by Gasteiger charge is 2.36. The Morgan fingerprint density at radius 1 is 1.13 bits per heavy atom. The van der Waals surface area contributed by atoms with Gasteiger partial charge in [0.1, 0.15) is 0 Å². The Balaban J connectivity index is 2.38. The van der Waals surface area contributed by atoms with Crippen LogP contribution in [0.1, 0.15) is 50.5 Å². The van der Waals surface area contributed by atoms with Crippen LogP contribution in [0.5, 0.6) is 0 Å². The lowest BCUT2D eigenvalue weighted by molar-refractivity contribution is 0.0681. The lowest BCUT2D eigenvalue weighted by Crippen LogP contribution is -2.24. The first-order chi connectivity index (χ1) is 10.8. The zero-order chi connectivity index (χ0) is 16.9. The average molecular weight is 311 g/mol. The van der Waals surface area contributed by atoms with E-state index in [4.69, 9.17) is 0 Å². The third-order valence-electron chi connectivity index (χ3n) is 4.14. The molecule has 1 aliphatic heterocycles. The lowest BCUT2D eigenvalue weighted by atomic mass is 9.90. The molecular weight excluding hydrogens is 294 g/mol. The zero-order valence-electron chi connectivity index (χ0n) is 13.2. The molecule has 0 radical (unpaired) electrons. The zero-order valence-corrected chi connectivity index (χ0v) is 13.2. The van der Waals surface area contributed by atoms with Crippen LogP contribution in [0.3, 0.4) is 0 Å². The number of amides is 2. The van der Waals surface area contributed by atoms with Crippen LogP contribution < -0.4 is 0 Å². The Kier molecular flexibility index (Phi) is 3.43. The summed E-state index contributed by atoms with van der Waals surface area (Å²) in [6.07, 6.45) is 0.686. The SMILES string of the molecule is CC(C)Cc1cc2ccc(C(=O)O)cc2c2c1C(=O)N(C)C2=O. The van der Waals surface area contributed by atoms with E-state index in [1.807, 2.05) is 6.07 Å². The minimum Gasteiger partial charge on any atom is -0.478 e. The van der Waals surface area contributed by atoms with Crippen molar-refractivity contribution in [3.05, 3.63) is 46.5 Å². The highest BCUT2D eigenvalue weighted by Crippen LogP contribution is 2.34. The van der Waals surface area contributed by atoms with Gasteiger partial charge in [0.25, 0.3) is 11.8 Å². The number of carboxylic acids is 1. The van der Waals surface area contributed by atoms with E-state index in [0.717, 1.165) is 15.8 Å². The van der Waals surface area contributed by atoms with Gasteiger partial charge < -0.3 is 5.11 Å². The molecule has 2 aromatic carbocycles. The van der Waals surface area contributed by atoms with Gasteiger partial charge in [0.05, 0.1) is 16.7 Å². The summed E-state index contributed by atoms with van der Waals surface area (Å²) in [6, 6.07) is 6.57. The maximum absolute atomic E-state index is 12.5. The topological polar surface area (TPSA) is 74.7 Å². The second kappa shape index (κ2) is 5.19. The first kappa shape index (κ1) is 15.2. The van der Waals surface area contributed by atoms with E-state index in [9.17, 15) is 19.5 Å². The van der Waals surface area contributed by atoms with Gasteiger partial charge in [-0.25, -0.2) is 4.79 Å². The minimum atomic E-state index is -1.06. The summed E-state index contributed by atoms with van der Waals surface area (Å²) < 4.78 is 0. The summed E-state index contributed by atoms with van der Waals surface area (Å²) in [6.45, 7) is 4.10. The molecule has 2 aromatic rings. The van der Waals surface area contributed by atoms with Crippen molar-refractivity contribution in [2.24, 2.45) is 5.92 Å². The molecule has 1 heterocycles. The van der Waals surface area contributed by atoms with Crippen molar-refractivity contribution in [3.63, 3.8) is 0 Å². The van der Waals surface area contributed by atoms with Crippen molar-refractivity contribution in [2.45, 2.75) is 20.3 Å². The number of carbonyl (C=O) groups excluding carboxylic acids is 2. The molecule has 0 bridgehead atoms. The van der Waals surface area contributed by atoms with Gasteiger partial charge in [-0.2, -0.15) is 0 Å². The molecule has 0 atom stereocenters. The van der Waals surface area contributed by atoms with E-state index in [-0.39, 0.29) is 17.4 Å². The molecule has 0 saturated carbocycles. The number of carbonyl (C=O) groups is 3. The number of rotatable bonds is 3. The fourth-order valence-electron chi connectivity index (χ4n) is 3.08. The quantitative estimate of drug-likeness (QED) is 0.884. The van der Waals surface area contributed by atoms with E-state index in [0.29, 0.717) is 28.9 Å². The molecule has 5 nitrogen and oxygen atoms in total. The fraction of sp³-hybridized carbons (Fsp3) is 0.278. The number of nitrogens with zero attached hydrogens (tertiary/aromatic N) is 1. The second-order valence-corrected chi connectivity index (χ2v) is 6.29. The van der Waals surface area contributed by atoms with Crippen molar-refractivity contribution in [1.82, 2.24) is 4.90 Å². The van der Waals surface area contributed by atoms with Crippen molar-refractivity contribution in [1.29, 1.82) is 0 Å². The third kappa shape index (κ3) is 2.29. The van der Waals surface area contributed by atoms with Crippen LogP contribution >= 0.6 is 0 Å². The molecule has 1 aliphatic rings. The number of hydrogen-bond acceptors (Lipinski definition) is 3. The van der Waals surface area contributed by atoms with Crippen molar-refractivity contribution < 1.29 is 19.5 Å². The van der Waals surface area contributed by atoms with Gasteiger partial charge in [0.2, 0.25) is 0 Å². The molecule has 0 aromatic heterocycles. The molecule has 0 unspecified atom stereocenters. The largest absolute Gasteiger partial charge is 0.478 e. The van der Waals surface area contributed by atoms with Gasteiger partial charge in [0, 0.05) is 7.05 Å². The number of aromatic carboxylic acids is 1. The summed E-state index contributed by atoms with van der Waals surface area (Å²) in [5.74, 6) is -1.41. The van der Waals surface area contributed by atoms with Gasteiger partial charge >= 0.3 is 5.97 Å². The van der Waals surface area contributed by atoms with Crippen molar-refractivity contribution >= 4 is 28.6 Å². The average Bonchev–Trinajstić information content (AvgIpc) is 2.71. The number of imide groups is 1. The Labute approximate surface area is 133 Å².